The smallest absolute Gasteiger partial charge is 0.245 e. The van der Waals surface area contributed by atoms with Gasteiger partial charge in [-0.3, -0.25) is 9.63 Å². The summed E-state index contributed by atoms with van der Waals surface area (Å²) in [4.78, 5) is 16.1. The number of methoxy groups -OCH3 is 1. The average Bonchev–Trinajstić information content (AvgIpc) is 2.28. The lowest BCUT2D eigenvalue weighted by Gasteiger charge is -2.05. The number of rotatable bonds is 6. The van der Waals surface area contributed by atoms with Crippen LogP contribution in [0.4, 0.5) is 0 Å². The van der Waals surface area contributed by atoms with Gasteiger partial charge in [-0.15, -0.1) is 0 Å². The fraction of sp³-hybridized carbons (Fsp3) is 0.364. The molecule has 0 saturated heterocycles. The minimum Gasteiger partial charge on any atom is -0.384 e. The predicted octanol–water partition coefficient (Wildman–Crippen LogP) is 1.27. The predicted molar refractivity (Wildman–Crippen MR) is 55.9 cm³/mol. The molecule has 0 aliphatic rings. The highest BCUT2D eigenvalue weighted by atomic mass is 16.6. The monoisotopic (exact) mass is 209 g/mol. The molecule has 0 spiro atoms. The topological polar surface area (TPSA) is 47.6 Å². The molecule has 0 aliphatic carbocycles. The van der Waals surface area contributed by atoms with Crippen molar-refractivity contribution in [3.8, 4) is 0 Å². The van der Waals surface area contributed by atoms with Crippen LogP contribution >= 0.6 is 0 Å². The molecule has 0 fully saturated rings. The summed E-state index contributed by atoms with van der Waals surface area (Å²) in [6.45, 7) is 0.778. The van der Waals surface area contributed by atoms with E-state index in [1.54, 1.807) is 7.11 Å². The van der Waals surface area contributed by atoms with Gasteiger partial charge in [0.15, 0.2) is 0 Å². The Morgan fingerprint density at radius 3 is 2.73 bits per heavy atom. The molecule has 4 heteroatoms. The van der Waals surface area contributed by atoms with Crippen molar-refractivity contribution in [2.75, 3.05) is 13.7 Å². The molecule has 15 heavy (non-hydrogen) atoms. The number of hydrogen-bond donors (Lipinski definition) is 1. The van der Waals surface area contributed by atoms with E-state index in [9.17, 15) is 4.79 Å². The summed E-state index contributed by atoms with van der Waals surface area (Å²) in [6, 6.07) is 9.64. The van der Waals surface area contributed by atoms with Gasteiger partial charge >= 0.3 is 0 Å². The summed E-state index contributed by atoms with van der Waals surface area (Å²) in [7, 11) is 1.55. The first-order chi connectivity index (χ1) is 7.33. The fourth-order valence-electron chi connectivity index (χ4n) is 1.02. The van der Waals surface area contributed by atoms with Crippen LogP contribution in [0.3, 0.4) is 0 Å². The Morgan fingerprint density at radius 2 is 2.07 bits per heavy atom. The van der Waals surface area contributed by atoms with E-state index in [0.717, 1.165) is 5.56 Å². The molecule has 0 aromatic heterocycles. The highest BCUT2D eigenvalue weighted by molar-refractivity contribution is 5.74. The van der Waals surface area contributed by atoms with Crippen LogP contribution in [0, 0.1) is 0 Å². The van der Waals surface area contributed by atoms with Gasteiger partial charge in [0.1, 0.15) is 0 Å². The van der Waals surface area contributed by atoms with E-state index in [1.807, 2.05) is 30.3 Å². The van der Waals surface area contributed by atoms with E-state index in [1.165, 1.54) is 0 Å². The number of ether oxygens (including phenoxy) is 1. The molecule has 0 radical (unpaired) electrons. The van der Waals surface area contributed by atoms with Crippen molar-refractivity contribution in [3.63, 3.8) is 0 Å². The van der Waals surface area contributed by atoms with Gasteiger partial charge in [0.2, 0.25) is 5.91 Å². The van der Waals surface area contributed by atoms with Crippen molar-refractivity contribution in [1.82, 2.24) is 5.48 Å². The summed E-state index contributed by atoms with van der Waals surface area (Å²) in [5.41, 5.74) is 3.37. The first-order valence-corrected chi connectivity index (χ1v) is 4.76. The third-order valence-electron chi connectivity index (χ3n) is 1.80. The van der Waals surface area contributed by atoms with Crippen LogP contribution in [0.25, 0.3) is 0 Å². The Morgan fingerprint density at radius 1 is 1.33 bits per heavy atom. The number of carbonyl (C=O) groups is 1. The Kier molecular flexibility index (Phi) is 5.43. The summed E-state index contributed by atoms with van der Waals surface area (Å²) in [5, 5.41) is 0. The second-order valence-corrected chi connectivity index (χ2v) is 3.04. The largest absolute Gasteiger partial charge is 0.384 e. The summed E-state index contributed by atoms with van der Waals surface area (Å²) in [5.74, 6) is -0.173. The molecule has 1 amide bonds. The van der Waals surface area contributed by atoms with Crippen LogP contribution in [0.15, 0.2) is 30.3 Å². The molecule has 0 heterocycles. The molecule has 0 aliphatic heterocycles. The average molecular weight is 209 g/mol. The molecular formula is C11H15NO3. The molecule has 1 rings (SSSR count). The molecule has 1 N–H and O–H groups in total. The van der Waals surface area contributed by atoms with Gasteiger partial charge in [0, 0.05) is 7.11 Å². The molecule has 1 aromatic carbocycles. The maximum Gasteiger partial charge on any atom is 0.245 e. The minimum absolute atomic E-state index is 0.173. The van der Waals surface area contributed by atoms with Crippen molar-refractivity contribution in [3.05, 3.63) is 35.9 Å². The van der Waals surface area contributed by atoms with Crippen molar-refractivity contribution in [2.45, 2.75) is 13.0 Å². The standard InChI is InChI=1S/C11H15NO3/c1-14-8-7-11(13)12-15-9-10-5-3-2-4-6-10/h2-6H,7-9H2,1H3,(H,12,13). The molecule has 0 unspecified atom stereocenters. The van der Waals surface area contributed by atoms with Crippen LogP contribution < -0.4 is 5.48 Å². The first kappa shape index (κ1) is 11.7. The lowest BCUT2D eigenvalue weighted by atomic mass is 10.2. The van der Waals surface area contributed by atoms with Crippen molar-refractivity contribution in [2.24, 2.45) is 0 Å². The van der Waals surface area contributed by atoms with E-state index in [0.29, 0.717) is 19.6 Å². The quantitative estimate of drug-likeness (QED) is 0.718. The maximum absolute atomic E-state index is 11.1. The van der Waals surface area contributed by atoms with Gasteiger partial charge < -0.3 is 4.74 Å². The summed E-state index contributed by atoms with van der Waals surface area (Å²) < 4.78 is 4.76. The second-order valence-electron chi connectivity index (χ2n) is 3.04. The number of benzene rings is 1. The van der Waals surface area contributed by atoms with E-state index in [-0.39, 0.29) is 5.91 Å². The fourth-order valence-corrected chi connectivity index (χ4v) is 1.02. The lowest BCUT2D eigenvalue weighted by molar-refractivity contribution is -0.135. The van der Waals surface area contributed by atoms with Crippen molar-refractivity contribution < 1.29 is 14.4 Å². The zero-order chi connectivity index (χ0) is 10.9. The van der Waals surface area contributed by atoms with Gasteiger partial charge in [-0.25, -0.2) is 5.48 Å². The number of nitrogens with one attached hydrogen (secondary N) is 1. The molecule has 82 valence electrons. The molecule has 0 saturated carbocycles. The first-order valence-electron chi connectivity index (χ1n) is 4.76. The lowest BCUT2D eigenvalue weighted by Crippen LogP contribution is -2.24. The highest BCUT2D eigenvalue weighted by Crippen LogP contribution is 1.98. The molecule has 0 atom stereocenters. The van der Waals surface area contributed by atoms with E-state index >= 15 is 0 Å². The minimum atomic E-state index is -0.173. The van der Waals surface area contributed by atoms with Gasteiger partial charge in [-0.05, 0) is 5.56 Å². The number of amides is 1. The van der Waals surface area contributed by atoms with E-state index < -0.39 is 0 Å². The molecule has 1 aromatic rings. The third-order valence-corrected chi connectivity index (χ3v) is 1.80. The van der Waals surface area contributed by atoms with Crippen molar-refractivity contribution >= 4 is 5.91 Å². The summed E-state index contributed by atoms with van der Waals surface area (Å²) >= 11 is 0. The van der Waals surface area contributed by atoms with Crippen LogP contribution in [0.2, 0.25) is 0 Å². The Labute approximate surface area is 89.1 Å². The SMILES string of the molecule is COCCC(=O)NOCc1ccccc1. The van der Waals surface area contributed by atoms with Crippen LogP contribution in [0.5, 0.6) is 0 Å². The van der Waals surface area contributed by atoms with Crippen LogP contribution in [-0.2, 0) is 21.0 Å². The molecule has 0 bridgehead atoms. The van der Waals surface area contributed by atoms with E-state index in [2.05, 4.69) is 5.48 Å². The zero-order valence-corrected chi connectivity index (χ0v) is 8.73. The third kappa shape index (κ3) is 5.15. The molecular weight excluding hydrogens is 194 g/mol. The van der Waals surface area contributed by atoms with E-state index in [4.69, 9.17) is 9.57 Å². The maximum atomic E-state index is 11.1. The van der Waals surface area contributed by atoms with Gasteiger partial charge in [-0.2, -0.15) is 0 Å². The number of hydrogen-bond acceptors (Lipinski definition) is 3. The Bertz CT molecular complexity index is 287. The summed E-state index contributed by atoms with van der Waals surface area (Å²) in [6.07, 6.45) is 0.311. The van der Waals surface area contributed by atoms with Crippen molar-refractivity contribution in [1.29, 1.82) is 0 Å². The van der Waals surface area contributed by atoms with Crippen LogP contribution in [0.1, 0.15) is 12.0 Å². The highest BCUT2D eigenvalue weighted by Gasteiger charge is 1.99. The second kappa shape index (κ2) is 6.98. The molecule has 4 nitrogen and oxygen atoms in total. The Balaban J connectivity index is 2.14. The zero-order valence-electron chi connectivity index (χ0n) is 8.73. The van der Waals surface area contributed by atoms with Gasteiger partial charge in [0.25, 0.3) is 0 Å². The number of carbonyl (C=O) groups excluding carboxylic acids is 1. The van der Waals surface area contributed by atoms with Gasteiger partial charge in [0.05, 0.1) is 19.6 Å². The normalized spacial score (nSPS) is 9.93. The Hall–Kier alpha value is -1.39. The van der Waals surface area contributed by atoms with Gasteiger partial charge in [-0.1, -0.05) is 30.3 Å². The number of hydroxylamine groups is 1. The van der Waals surface area contributed by atoms with Crippen LogP contribution in [-0.4, -0.2) is 19.6 Å².